The van der Waals surface area contributed by atoms with Gasteiger partial charge in [-0.15, -0.1) is 12.4 Å². The van der Waals surface area contributed by atoms with Crippen LogP contribution in [0.5, 0.6) is 5.75 Å². The average molecular weight is 256 g/mol. The van der Waals surface area contributed by atoms with Gasteiger partial charge in [-0.25, -0.2) is 0 Å². The summed E-state index contributed by atoms with van der Waals surface area (Å²) in [6.45, 7) is 1.43. The molecule has 2 aliphatic rings. The fourth-order valence-electron chi connectivity index (χ4n) is 2.75. The Labute approximate surface area is 105 Å². The highest BCUT2D eigenvalue weighted by atomic mass is 35.5. The molecule has 2 atom stereocenters. The zero-order valence-electron chi connectivity index (χ0n) is 9.18. The van der Waals surface area contributed by atoms with E-state index in [1.54, 1.807) is 0 Å². The second-order valence-electron chi connectivity index (χ2n) is 4.40. The fraction of sp³-hybridized carbons (Fsp3) is 0.417. The lowest BCUT2D eigenvalue weighted by atomic mass is 9.83. The van der Waals surface area contributed by atoms with Crippen LogP contribution in [-0.4, -0.2) is 29.8 Å². The van der Waals surface area contributed by atoms with Crippen molar-refractivity contribution in [2.75, 3.05) is 13.1 Å². The second-order valence-corrected chi connectivity index (χ2v) is 4.40. The Bertz CT molecular complexity index is 443. The van der Waals surface area contributed by atoms with Crippen LogP contribution in [0.1, 0.15) is 17.9 Å². The van der Waals surface area contributed by atoms with Crippen molar-refractivity contribution in [2.45, 2.75) is 17.9 Å². The molecule has 5 heteroatoms. The van der Waals surface area contributed by atoms with Crippen LogP contribution in [0.4, 0.5) is 0 Å². The van der Waals surface area contributed by atoms with E-state index in [0.29, 0.717) is 6.54 Å². The van der Waals surface area contributed by atoms with Crippen LogP contribution in [0.25, 0.3) is 0 Å². The maximum absolute atomic E-state index is 11.4. The summed E-state index contributed by atoms with van der Waals surface area (Å²) in [6, 6.07) is 7.43. The summed E-state index contributed by atoms with van der Waals surface area (Å²) in [7, 11) is 0. The molecule has 0 bridgehead atoms. The molecule has 92 valence electrons. The molecule has 2 aliphatic heterocycles. The van der Waals surface area contributed by atoms with Gasteiger partial charge in [0.25, 0.3) is 0 Å². The third-order valence-electron chi connectivity index (χ3n) is 3.47. The monoisotopic (exact) mass is 255 g/mol. The van der Waals surface area contributed by atoms with Gasteiger partial charge in [0, 0.05) is 18.5 Å². The number of halogens is 1. The average Bonchev–Trinajstić information content (AvgIpc) is 2.82. The number of benzene rings is 1. The minimum atomic E-state index is -0.798. The van der Waals surface area contributed by atoms with E-state index in [2.05, 4.69) is 5.32 Å². The summed E-state index contributed by atoms with van der Waals surface area (Å²) >= 11 is 0. The quantitative estimate of drug-likeness (QED) is 0.797. The first-order chi connectivity index (χ1) is 7.73. The zero-order valence-corrected chi connectivity index (χ0v) is 10.00. The first-order valence-electron chi connectivity index (χ1n) is 5.44. The predicted molar refractivity (Wildman–Crippen MR) is 64.9 cm³/mol. The number of nitrogens with one attached hydrogen (secondary N) is 1. The molecule has 4 nitrogen and oxygen atoms in total. The number of rotatable bonds is 1. The molecule has 17 heavy (non-hydrogen) atoms. The van der Waals surface area contributed by atoms with Crippen LogP contribution >= 0.6 is 12.4 Å². The lowest BCUT2D eigenvalue weighted by Gasteiger charge is -2.26. The number of aliphatic carboxylic acids is 1. The summed E-state index contributed by atoms with van der Waals surface area (Å²) in [5.74, 6) is -0.619. The van der Waals surface area contributed by atoms with Gasteiger partial charge in [0.05, 0.1) is 0 Å². The van der Waals surface area contributed by atoms with Crippen molar-refractivity contribution >= 4 is 18.4 Å². The second kappa shape index (κ2) is 4.20. The van der Waals surface area contributed by atoms with Gasteiger partial charge in [-0.05, 0) is 12.6 Å². The molecule has 1 spiro atoms. The zero-order chi connectivity index (χ0) is 11.2. The molecule has 0 radical (unpaired) electrons. The van der Waals surface area contributed by atoms with Gasteiger partial charge in [0.2, 0.25) is 0 Å². The van der Waals surface area contributed by atoms with Gasteiger partial charge in [0.1, 0.15) is 17.3 Å². The first kappa shape index (κ1) is 12.2. The molecule has 2 heterocycles. The molecule has 0 aromatic heterocycles. The molecule has 0 aliphatic carbocycles. The van der Waals surface area contributed by atoms with E-state index in [0.717, 1.165) is 24.3 Å². The Morgan fingerprint density at radius 2 is 2.24 bits per heavy atom. The highest BCUT2D eigenvalue weighted by Gasteiger charge is 2.53. The molecular weight excluding hydrogens is 242 g/mol. The fourth-order valence-corrected chi connectivity index (χ4v) is 2.75. The van der Waals surface area contributed by atoms with Crippen LogP contribution in [0, 0.1) is 0 Å². The largest absolute Gasteiger partial charge is 0.484 e. The number of ether oxygens (including phenoxy) is 1. The minimum absolute atomic E-state index is 0. The molecule has 3 rings (SSSR count). The topological polar surface area (TPSA) is 58.6 Å². The van der Waals surface area contributed by atoms with Crippen molar-refractivity contribution in [1.29, 1.82) is 0 Å². The molecule has 0 saturated carbocycles. The molecule has 0 amide bonds. The standard InChI is InChI=1S/C12H13NO3.ClH/c14-11(15)10-8-3-1-2-4-9(8)16-12(10)5-6-13-7-12;/h1-4,10,13H,5-7H2,(H,14,15);1H. The predicted octanol–water partition coefficient (Wildman–Crippen LogP) is 1.40. The molecule has 1 saturated heterocycles. The van der Waals surface area contributed by atoms with Crippen molar-refractivity contribution in [2.24, 2.45) is 0 Å². The SMILES string of the molecule is Cl.O=C(O)C1c2ccccc2OC12CCNC2. The molecule has 2 unspecified atom stereocenters. The lowest BCUT2D eigenvalue weighted by molar-refractivity contribution is -0.142. The maximum atomic E-state index is 11.4. The molecular formula is C12H14ClNO3. The minimum Gasteiger partial charge on any atom is -0.484 e. The van der Waals surface area contributed by atoms with Crippen molar-refractivity contribution in [3.8, 4) is 5.75 Å². The first-order valence-corrected chi connectivity index (χ1v) is 5.44. The third kappa shape index (κ3) is 1.68. The summed E-state index contributed by atoms with van der Waals surface area (Å²) in [5.41, 5.74) is 0.230. The van der Waals surface area contributed by atoms with E-state index in [9.17, 15) is 9.90 Å². The Hall–Kier alpha value is -1.26. The van der Waals surface area contributed by atoms with E-state index in [1.165, 1.54) is 0 Å². The van der Waals surface area contributed by atoms with Gasteiger partial charge in [-0.2, -0.15) is 0 Å². The number of carbonyl (C=O) groups is 1. The molecule has 1 aromatic carbocycles. The smallest absolute Gasteiger partial charge is 0.315 e. The molecule has 2 N–H and O–H groups in total. The van der Waals surface area contributed by atoms with Gasteiger partial charge in [0.15, 0.2) is 0 Å². The maximum Gasteiger partial charge on any atom is 0.315 e. The van der Waals surface area contributed by atoms with E-state index >= 15 is 0 Å². The van der Waals surface area contributed by atoms with Crippen molar-refractivity contribution in [3.63, 3.8) is 0 Å². The van der Waals surface area contributed by atoms with Crippen LogP contribution in [0.2, 0.25) is 0 Å². The Kier molecular flexibility index (Phi) is 3.02. The Morgan fingerprint density at radius 3 is 2.88 bits per heavy atom. The lowest BCUT2D eigenvalue weighted by Crippen LogP contribution is -2.43. The van der Waals surface area contributed by atoms with Crippen LogP contribution in [0.3, 0.4) is 0 Å². The number of carboxylic acids is 1. The van der Waals surface area contributed by atoms with Crippen LogP contribution in [0.15, 0.2) is 24.3 Å². The number of para-hydroxylation sites is 1. The number of hydrogen-bond donors (Lipinski definition) is 2. The number of carboxylic acid groups (broad SMARTS) is 1. The van der Waals surface area contributed by atoms with Gasteiger partial charge in [-0.1, -0.05) is 18.2 Å². The van der Waals surface area contributed by atoms with Crippen molar-refractivity contribution in [1.82, 2.24) is 5.32 Å². The number of fused-ring (bicyclic) bond motifs is 1. The van der Waals surface area contributed by atoms with Gasteiger partial charge >= 0.3 is 5.97 Å². The van der Waals surface area contributed by atoms with Gasteiger partial charge in [-0.3, -0.25) is 4.79 Å². The molecule has 1 fully saturated rings. The normalized spacial score (nSPS) is 29.5. The van der Waals surface area contributed by atoms with E-state index in [1.807, 2.05) is 24.3 Å². The molecule has 1 aromatic rings. The summed E-state index contributed by atoms with van der Waals surface area (Å²) < 4.78 is 5.89. The highest BCUT2D eigenvalue weighted by Crippen LogP contribution is 2.47. The number of hydrogen-bond acceptors (Lipinski definition) is 3. The third-order valence-corrected chi connectivity index (χ3v) is 3.47. The van der Waals surface area contributed by atoms with Crippen molar-refractivity contribution in [3.05, 3.63) is 29.8 Å². The Balaban J connectivity index is 0.00000108. The van der Waals surface area contributed by atoms with E-state index in [-0.39, 0.29) is 12.4 Å². The summed E-state index contributed by atoms with van der Waals surface area (Å²) in [4.78, 5) is 11.4. The van der Waals surface area contributed by atoms with E-state index in [4.69, 9.17) is 4.74 Å². The van der Waals surface area contributed by atoms with E-state index < -0.39 is 17.5 Å². The van der Waals surface area contributed by atoms with Crippen LogP contribution < -0.4 is 10.1 Å². The van der Waals surface area contributed by atoms with Crippen molar-refractivity contribution < 1.29 is 14.6 Å². The Morgan fingerprint density at radius 1 is 1.47 bits per heavy atom. The van der Waals surface area contributed by atoms with Gasteiger partial charge < -0.3 is 15.2 Å². The summed E-state index contributed by atoms with van der Waals surface area (Å²) in [5, 5.41) is 12.6. The van der Waals surface area contributed by atoms with Crippen LogP contribution in [-0.2, 0) is 4.79 Å². The highest BCUT2D eigenvalue weighted by molar-refractivity contribution is 5.85. The summed E-state index contributed by atoms with van der Waals surface area (Å²) in [6.07, 6.45) is 0.749.